The summed E-state index contributed by atoms with van der Waals surface area (Å²) in [6, 6.07) is 18.1. The van der Waals surface area contributed by atoms with Gasteiger partial charge >= 0.3 is 0 Å². The van der Waals surface area contributed by atoms with Crippen LogP contribution in [0.4, 0.5) is 10.8 Å². The second-order valence-corrected chi connectivity index (χ2v) is 7.92. The molecule has 0 radical (unpaired) electrons. The van der Waals surface area contributed by atoms with Crippen molar-refractivity contribution in [2.75, 3.05) is 24.7 Å². The molecule has 0 saturated carbocycles. The number of methoxy groups -OCH3 is 1. The highest BCUT2D eigenvalue weighted by molar-refractivity contribution is 7.14. The van der Waals surface area contributed by atoms with Gasteiger partial charge in [0.15, 0.2) is 5.13 Å². The Bertz CT molecular complexity index is 1270. The first-order chi connectivity index (χ1) is 16.0. The largest absolute Gasteiger partial charge is 0.481 e. The molecule has 0 aliphatic carbocycles. The molecule has 4 N–H and O–H groups in total. The van der Waals surface area contributed by atoms with Crippen LogP contribution in [-0.2, 0) is 4.79 Å². The number of rotatable bonds is 7. The van der Waals surface area contributed by atoms with Gasteiger partial charge < -0.3 is 21.1 Å². The van der Waals surface area contributed by atoms with Gasteiger partial charge in [0.25, 0.3) is 5.91 Å². The number of pyridine rings is 1. The highest BCUT2D eigenvalue weighted by Crippen LogP contribution is 2.29. The number of anilines is 2. The van der Waals surface area contributed by atoms with Crippen molar-refractivity contribution >= 4 is 34.0 Å². The maximum atomic E-state index is 12.2. The molecule has 33 heavy (non-hydrogen) atoms. The van der Waals surface area contributed by atoms with E-state index in [-0.39, 0.29) is 18.4 Å². The van der Waals surface area contributed by atoms with Crippen molar-refractivity contribution in [3.8, 4) is 28.3 Å². The molecule has 2 aromatic heterocycles. The summed E-state index contributed by atoms with van der Waals surface area (Å²) in [5.41, 5.74) is 10.2. The molecule has 4 aromatic rings. The smallest absolute Gasteiger partial charge is 0.251 e. The van der Waals surface area contributed by atoms with Gasteiger partial charge in [0.2, 0.25) is 11.8 Å². The number of ether oxygens (including phenoxy) is 1. The van der Waals surface area contributed by atoms with Gasteiger partial charge in [-0.2, -0.15) is 0 Å². The zero-order chi connectivity index (χ0) is 23.2. The molecule has 0 spiro atoms. The zero-order valence-corrected chi connectivity index (χ0v) is 18.6. The number of nitrogens with two attached hydrogens (primary N) is 1. The lowest BCUT2D eigenvalue weighted by atomic mass is 10.0. The van der Waals surface area contributed by atoms with Crippen LogP contribution in [0.15, 0.2) is 72.2 Å². The van der Waals surface area contributed by atoms with E-state index in [1.165, 1.54) is 11.3 Å². The fourth-order valence-corrected chi connectivity index (χ4v) is 3.79. The highest BCUT2D eigenvalue weighted by Gasteiger charge is 2.11. The van der Waals surface area contributed by atoms with Gasteiger partial charge in [0.05, 0.1) is 19.3 Å². The Hall–Kier alpha value is -4.24. The number of hydrogen-bond donors (Lipinski definition) is 3. The fourth-order valence-electron chi connectivity index (χ4n) is 3.05. The molecular formula is C24H21N5O3S. The van der Waals surface area contributed by atoms with E-state index in [9.17, 15) is 9.59 Å². The van der Waals surface area contributed by atoms with E-state index in [0.29, 0.717) is 22.3 Å². The minimum Gasteiger partial charge on any atom is -0.481 e. The first kappa shape index (κ1) is 22.0. The van der Waals surface area contributed by atoms with Crippen LogP contribution in [0.2, 0.25) is 0 Å². The molecule has 0 saturated heterocycles. The minimum atomic E-state index is -0.363. The number of benzene rings is 2. The van der Waals surface area contributed by atoms with Crippen LogP contribution in [0.1, 0.15) is 10.4 Å². The molecular weight excluding hydrogens is 438 g/mol. The Morgan fingerprint density at radius 2 is 1.82 bits per heavy atom. The van der Waals surface area contributed by atoms with E-state index >= 15 is 0 Å². The zero-order valence-electron chi connectivity index (χ0n) is 17.7. The molecule has 0 aliphatic rings. The molecule has 9 heteroatoms. The van der Waals surface area contributed by atoms with E-state index in [1.807, 2.05) is 41.8 Å². The third-order valence-electron chi connectivity index (χ3n) is 4.77. The van der Waals surface area contributed by atoms with Gasteiger partial charge in [0.1, 0.15) is 0 Å². The maximum Gasteiger partial charge on any atom is 0.251 e. The number of nitrogens with one attached hydrogen (secondary N) is 2. The van der Waals surface area contributed by atoms with Crippen LogP contribution in [0.25, 0.3) is 22.4 Å². The van der Waals surface area contributed by atoms with Crippen molar-refractivity contribution < 1.29 is 14.3 Å². The van der Waals surface area contributed by atoms with Gasteiger partial charge in [-0.15, -0.1) is 11.3 Å². The second-order valence-electron chi connectivity index (χ2n) is 7.06. The van der Waals surface area contributed by atoms with Crippen LogP contribution in [0.5, 0.6) is 5.88 Å². The van der Waals surface area contributed by atoms with E-state index in [0.717, 1.165) is 22.4 Å². The fraction of sp³-hybridized carbons (Fsp3) is 0.0833. The quantitative estimate of drug-likeness (QED) is 0.361. The lowest BCUT2D eigenvalue weighted by Gasteiger charge is -2.06. The SMILES string of the molecule is COc1ccc(-c2cccc(-c3csc(NC(=O)CNC(=O)c4ccc(N)cc4)n3)c2)cn1. The molecule has 0 atom stereocenters. The minimum absolute atomic E-state index is 0.169. The number of nitrogens with zero attached hydrogens (tertiary/aromatic N) is 2. The monoisotopic (exact) mass is 459 g/mol. The van der Waals surface area contributed by atoms with Crippen molar-refractivity contribution in [3.05, 3.63) is 77.8 Å². The number of nitrogen functional groups attached to an aromatic ring is 1. The molecule has 2 heterocycles. The molecule has 166 valence electrons. The first-order valence-corrected chi connectivity index (χ1v) is 10.9. The molecule has 2 aromatic carbocycles. The summed E-state index contributed by atoms with van der Waals surface area (Å²) in [5.74, 6) is -0.160. The Kier molecular flexibility index (Phi) is 6.61. The van der Waals surface area contributed by atoms with Crippen LogP contribution in [0.3, 0.4) is 0 Å². The van der Waals surface area contributed by atoms with Gasteiger partial charge in [-0.05, 0) is 42.0 Å². The maximum absolute atomic E-state index is 12.2. The van der Waals surface area contributed by atoms with Gasteiger partial charge in [-0.25, -0.2) is 9.97 Å². The van der Waals surface area contributed by atoms with E-state index in [4.69, 9.17) is 10.5 Å². The molecule has 8 nitrogen and oxygen atoms in total. The van der Waals surface area contributed by atoms with Crippen molar-refractivity contribution in [1.82, 2.24) is 15.3 Å². The lowest BCUT2D eigenvalue weighted by molar-refractivity contribution is -0.115. The Morgan fingerprint density at radius 1 is 1.03 bits per heavy atom. The second kappa shape index (κ2) is 9.92. The number of amides is 2. The van der Waals surface area contributed by atoms with Gasteiger partial charge in [0, 0.05) is 40.0 Å². The van der Waals surface area contributed by atoms with Crippen molar-refractivity contribution in [1.29, 1.82) is 0 Å². The van der Waals surface area contributed by atoms with Gasteiger partial charge in [-0.1, -0.05) is 18.2 Å². The van der Waals surface area contributed by atoms with Crippen LogP contribution < -0.4 is 21.1 Å². The summed E-state index contributed by atoms with van der Waals surface area (Å²) in [6.07, 6.45) is 1.75. The van der Waals surface area contributed by atoms with Crippen LogP contribution >= 0.6 is 11.3 Å². The Labute approximate surface area is 194 Å². The van der Waals surface area contributed by atoms with Crippen molar-refractivity contribution in [3.63, 3.8) is 0 Å². The van der Waals surface area contributed by atoms with Gasteiger partial charge in [-0.3, -0.25) is 9.59 Å². The van der Waals surface area contributed by atoms with E-state index in [1.54, 1.807) is 37.6 Å². The predicted octanol–water partition coefficient (Wildman–Crippen LogP) is 3.83. The summed E-state index contributed by atoms with van der Waals surface area (Å²) in [5, 5.41) is 7.62. The molecule has 0 fully saturated rings. The van der Waals surface area contributed by atoms with Crippen molar-refractivity contribution in [2.45, 2.75) is 0 Å². The van der Waals surface area contributed by atoms with E-state index < -0.39 is 0 Å². The molecule has 0 bridgehead atoms. The summed E-state index contributed by atoms with van der Waals surface area (Å²) < 4.78 is 5.11. The topological polar surface area (TPSA) is 119 Å². The van der Waals surface area contributed by atoms with Crippen LogP contribution in [-0.4, -0.2) is 35.4 Å². The number of aromatic nitrogens is 2. The number of carbonyl (C=O) groups is 2. The molecule has 0 aliphatic heterocycles. The Morgan fingerprint density at radius 3 is 2.55 bits per heavy atom. The summed E-state index contributed by atoms with van der Waals surface area (Å²) in [7, 11) is 1.58. The highest BCUT2D eigenvalue weighted by atomic mass is 32.1. The predicted molar refractivity (Wildman–Crippen MR) is 129 cm³/mol. The summed E-state index contributed by atoms with van der Waals surface area (Å²) in [4.78, 5) is 33.1. The Balaban J connectivity index is 1.38. The van der Waals surface area contributed by atoms with E-state index in [2.05, 4.69) is 20.6 Å². The third kappa shape index (κ3) is 5.52. The molecule has 2 amide bonds. The lowest BCUT2D eigenvalue weighted by Crippen LogP contribution is -2.32. The summed E-state index contributed by atoms with van der Waals surface area (Å²) >= 11 is 1.31. The normalized spacial score (nSPS) is 10.5. The standard InChI is InChI=1S/C24H21N5O3S/c1-32-22-10-7-18(12-26-22)16-3-2-4-17(11-16)20-14-33-24(28-20)29-21(30)13-27-23(31)15-5-8-19(25)9-6-15/h2-12,14H,13,25H2,1H3,(H,27,31)(H,28,29,30). The first-order valence-electron chi connectivity index (χ1n) is 10.0. The average Bonchev–Trinajstić information content (AvgIpc) is 3.31. The van der Waals surface area contributed by atoms with Crippen LogP contribution in [0, 0.1) is 0 Å². The number of carbonyl (C=O) groups excluding carboxylic acids is 2. The molecule has 4 rings (SSSR count). The molecule has 0 unspecified atom stereocenters. The number of hydrogen-bond acceptors (Lipinski definition) is 7. The number of thiazole rings is 1. The third-order valence-corrected chi connectivity index (χ3v) is 5.53. The average molecular weight is 460 g/mol. The van der Waals surface area contributed by atoms with Crippen molar-refractivity contribution in [2.24, 2.45) is 0 Å². The summed E-state index contributed by atoms with van der Waals surface area (Å²) in [6.45, 7) is -0.169.